The van der Waals surface area contributed by atoms with Gasteiger partial charge in [0.2, 0.25) is 5.91 Å². The summed E-state index contributed by atoms with van der Waals surface area (Å²) in [5, 5.41) is 54.0. The molecule has 1 fully saturated rings. The van der Waals surface area contributed by atoms with Crippen LogP contribution in [0.3, 0.4) is 0 Å². The minimum absolute atomic E-state index is 0.191. The number of unbranched alkanes of at least 4 members (excludes halogenated alkanes) is 29. The molecule has 9 nitrogen and oxygen atoms in total. The molecular weight excluding hydrogens is 731 g/mol. The summed E-state index contributed by atoms with van der Waals surface area (Å²) < 4.78 is 11.2. The van der Waals surface area contributed by atoms with Crippen LogP contribution in [-0.4, -0.2) is 87.5 Å². The molecule has 342 valence electrons. The van der Waals surface area contributed by atoms with Gasteiger partial charge in [0, 0.05) is 6.42 Å². The van der Waals surface area contributed by atoms with Crippen LogP contribution in [-0.2, 0) is 14.3 Å². The number of carbonyl (C=O) groups is 1. The van der Waals surface area contributed by atoms with Crippen LogP contribution in [0.15, 0.2) is 24.3 Å². The molecule has 0 aromatic carbocycles. The second kappa shape index (κ2) is 39.8. The van der Waals surface area contributed by atoms with E-state index in [9.17, 15) is 30.3 Å². The highest BCUT2D eigenvalue weighted by Gasteiger charge is 2.44. The van der Waals surface area contributed by atoms with Gasteiger partial charge >= 0.3 is 0 Å². The highest BCUT2D eigenvalue weighted by atomic mass is 16.7. The van der Waals surface area contributed by atoms with Gasteiger partial charge in [-0.3, -0.25) is 4.79 Å². The molecule has 7 atom stereocenters. The van der Waals surface area contributed by atoms with Gasteiger partial charge in [-0.2, -0.15) is 0 Å². The lowest BCUT2D eigenvalue weighted by atomic mass is 9.99. The van der Waals surface area contributed by atoms with Crippen molar-refractivity contribution in [2.24, 2.45) is 0 Å². The molecule has 58 heavy (non-hydrogen) atoms. The summed E-state index contributed by atoms with van der Waals surface area (Å²) in [5.41, 5.74) is 0. The fourth-order valence-corrected chi connectivity index (χ4v) is 7.82. The molecule has 0 radical (unpaired) electrons. The number of aliphatic hydroxyl groups excluding tert-OH is 5. The number of amides is 1. The summed E-state index contributed by atoms with van der Waals surface area (Å²) in [5.74, 6) is -0.191. The maximum absolute atomic E-state index is 12.8. The topological polar surface area (TPSA) is 149 Å². The number of ether oxygens (including phenoxy) is 2. The van der Waals surface area contributed by atoms with Crippen molar-refractivity contribution in [3.8, 4) is 0 Å². The first-order valence-corrected chi connectivity index (χ1v) is 24.6. The summed E-state index contributed by atoms with van der Waals surface area (Å²) in [7, 11) is 0. The van der Waals surface area contributed by atoms with E-state index >= 15 is 0 Å². The molecule has 0 aliphatic carbocycles. The quantitative estimate of drug-likeness (QED) is 0.0264. The molecule has 1 heterocycles. The zero-order valence-corrected chi connectivity index (χ0v) is 37.6. The van der Waals surface area contributed by atoms with E-state index in [-0.39, 0.29) is 12.5 Å². The molecule has 0 spiro atoms. The standard InChI is InChI=1S/C49H93NO8/c1-3-5-7-9-11-13-14-15-16-17-18-19-20-21-22-23-24-25-26-27-28-29-30-31-32-34-36-38-43(52)42(50-45(53)39-37-35-33-12-10-8-6-4-2)41-57-49-48(56)47(55)46(54)44(40-51)58-49/h30-31,36,38,42-44,46-49,51-52,54-56H,3-29,32-35,37,39-41H2,1-2H3,(H,50,53)/b31-30+,38-36+. The van der Waals surface area contributed by atoms with E-state index in [1.165, 1.54) is 167 Å². The lowest BCUT2D eigenvalue weighted by Gasteiger charge is -2.40. The van der Waals surface area contributed by atoms with Crippen molar-refractivity contribution in [2.75, 3.05) is 13.2 Å². The molecule has 7 unspecified atom stereocenters. The third-order valence-corrected chi connectivity index (χ3v) is 11.8. The monoisotopic (exact) mass is 824 g/mol. The van der Waals surface area contributed by atoms with Crippen LogP contribution in [0.1, 0.15) is 226 Å². The van der Waals surface area contributed by atoms with E-state index in [4.69, 9.17) is 9.47 Å². The number of hydrogen-bond acceptors (Lipinski definition) is 8. The summed E-state index contributed by atoms with van der Waals surface area (Å²) in [4.78, 5) is 12.8. The Morgan fingerprint density at radius 3 is 1.45 bits per heavy atom. The molecule has 1 aliphatic rings. The molecule has 1 rings (SSSR count). The molecule has 6 N–H and O–H groups in total. The number of nitrogens with one attached hydrogen (secondary N) is 1. The zero-order valence-electron chi connectivity index (χ0n) is 37.6. The fourth-order valence-electron chi connectivity index (χ4n) is 7.82. The Bertz CT molecular complexity index is 961. The van der Waals surface area contributed by atoms with E-state index in [2.05, 4.69) is 31.3 Å². The van der Waals surface area contributed by atoms with E-state index in [1.807, 2.05) is 6.08 Å². The Labute approximate surface area is 356 Å². The van der Waals surface area contributed by atoms with Crippen LogP contribution >= 0.6 is 0 Å². The Balaban J connectivity index is 2.21. The first kappa shape index (κ1) is 54.7. The van der Waals surface area contributed by atoms with Gasteiger partial charge in [0.1, 0.15) is 24.4 Å². The predicted molar refractivity (Wildman–Crippen MR) is 240 cm³/mol. The minimum atomic E-state index is -1.57. The molecule has 1 aliphatic heterocycles. The van der Waals surface area contributed by atoms with Crippen molar-refractivity contribution in [3.63, 3.8) is 0 Å². The normalized spacial score (nSPS) is 21.0. The number of carbonyl (C=O) groups excluding carboxylic acids is 1. The highest BCUT2D eigenvalue weighted by molar-refractivity contribution is 5.76. The summed E-state index contributed by atoms with van der Waals surface area (Å²) in [6.07, 6.45) is 41.2. The van der Waals surface area contributed by atoms with Gasteiger partial charge in [0.15, 0.2) is 6.29 Å². The van der Waals surface area contributed by atoms with E-state index in [1.54, 1.807) is 6.08 Å². The van der Waals surface area contributed by atoms with Gasteiger partial charge in [-0.25, -0.2) is 0 Å². The van der Waals surface area contributed by atoms with Gasteiger partial charge in [0.05, 0.1) is 25.4 Å². The minimum Gasteiger partial charge on any atom is -0.394 e. The maximum atomic E-state index is 12.8. The van der Waals surface area contributed by atoms with Crippen LogP contribution in [0.5, 0.6) is 0 Å². The van der Waals surface area contributed by atoms with Gasteiger partial charge in [-0.05, 0) is 32.1 Å². The molecule has 1 amide bonds. The lowest BCUT2D eigenvalue weighted by Crippen LogP contribution is -2.60. The van der Waals surface area contributed by atoms with E-state index in [0.29, 0.717) is 6.42 Å². The number of aliphatic hydroxyl groups is 5. The van der Waals surface area contributed by atoms with Crippen molar-refractivity contribution in [3.05, 3.63) is 24.3 Å². The van der Waals surface area contributed by atoms with Crippen LogP contribution in [0.4, 0.5) is 0 Å². The lowest BCUT2D eigenvalue weighted by molar-refractivity contribution is -0.302. The third-order valence-electron chi connectivity index (χ3n) is 11.8. The van der Waals surface area contributed by atoms with Crippen molar-refractivity contribution in [2.45, 2.75) is 269 Å². The van der Waals surface area contributed by atoms with Crippen molar-refractivity contribution in [1.82, 2.24) is 5.32 Å². The predicted octanol–water partition coefficient (Wildman–Crippen LogP) is 10.7. The largest absolute Gasteiger partial charge is 0.394 e. The van der Waals surface area contributed by atoms with Gasteiger partial charge in [0.25, 0.3) is 0 Å². The SMILES string of the molecule is CCCCCCCCCCCCCCCCCCCCCCC/C=C/CC/C=C/C(O)C(COC1OC(CO)C(O)C(O)C1O)NC(=O)CCCCCCCCCC. The second-order valence-corrected chi connectivity index (χ2v) is 17.3. The van der Waals surface area contributed by atoms with Crippen LogP contribution in [0, 0.1) is 0 Å². The summed E-state index contributed by atoms with van der Waals surface area (Å²) in [6.45, 7) is 3.73. The maximum Gasteiger partial charge on any atom is 0.220 e. The Morgan fingerprint density at radius 1 is 0.569 bits per heavy atom. The molecule has 1 saturated heterocycles. The fraction of sp³-hybridized carbons (Fsp3) is 0.898. The third kappa shape index (κ3) is 29.8. The van der Waals surface area contributed by atoms with Gasteiger partial charge < -0.3 is 40.3 Å². The van der Waals surface area contributed by atoms with Crippen molar-refractivity contribution >= 4 is 5.91 Å². The van der Waals surface area contributed by atoms with Crippen LogP contribution in [0.25, 0.3) is 0 Å². The second-order valence-electron chi connectivity index (χ2n) is 17.3. The highest BCUT2D eigenvalue weighted by Crippen LogP contribution is 2.23. The average molecular weight is 824 g/mol. The van der Waals surface area contributed by atoms with E-state index in [0.717, 1.165) is 38.5 Å². The molecule has 0 aromatic heterocycles. The molecule has 0 aromatic rings. The summed E-state index contributed by atoms with van der Waals surface area (Å²) >= 11 is 0. The van der Waals surface area contributed by atoms with Gasteiger partial charge in [-0.15, -0.1) is 0 Å². The molecular formula is C49H93NO8. The number of hydrogen-bond donors (Lipinski definition) is 6. The molecule has 9 heteroatoms. The Morgan fingerprint density at radius 2 is 0.983 bits per heavy atom. The Kier molecular flexibility index (Phi) is 37.5. The molecule has 0 bridgehead atoms. The smallest absolute Gasteiger partial charge is 0.220 e. The summed E-state index contributed by atoms with van der Waals surface area (Å²) in [6, 6.07) is -0.815. The van der Waals surface area contributed by atoms with Crippen molar-refractivity contribution in [1.29, 1.82) is 0 Å². The molecule has 0 saturated carbocycles. The number of rotatable bonds is 41. The first-order chi connectivity index (χ1) is 28.3. The van der Waals surface area contributed by atoms with Crippen LogP contribution in [0.2, 0.25) is 0 Å². The van der Waals surface area contributed by atoms with Crippen LogP contribution < -0.4 is 5.32 Å². The number of allylic oxidation sites excluding steroid dienone is 3. The average Bonchev–Trinajstić information content (AvgIpc) is 3.22. The first-order valence-electron chi connectivity index (χ1n) is 24.6. The Hall–Kier alpha value is -1.33. The zero-order chi connectivity index (χ0) is 42.3. The van der Waals surface area contributed by atoms with Gasteiger partial charge in [-0.1, -0.05) is 212 Å². The van der Waals surface area contributed by atoms with Crippen molar-refractivity contribution < 1.29 is 39.8 Å². The van der Waals surface area contributed by atoms with E-state index < -0.39 is 49.5 Å².